The summed E-state index contributed by atoms with van der Waals surface area (Å²) in [4.78, 5) is 0. The molecule has 2 rings (SSSR count). The smallest absolute Gasteiger partial charge is 0.253 e. The number of benzene rings is 1. The summed E-state index contributed by atoms with van der Waals surface area (Å²) in [5.41, 5.74) is 9.80. The van der Waals surface area contributed by atoms with E-state index in [1.807, 2.05) is 6.07 Å². The number of nitrogens with two attached hydrogens (primary N) is 1. The lowest BCUT2D eigenvalue weighted by Crippen LogP contribution is -2.05. The molecule has 2 N–H and O–H groups in total. The molecule has 0 aliphatic rings. The molecule has 116 valence electrons. The highest BCUT2D eigenvalue weighted by Crippen LogP contribution is 2.24. The number of hydrogen-bond donors (Lipinski definition) is 1. The van der Waals surface area contributed by atoms with Crippen molar-refractivity contribution < 1.29 is 4.74 Å². The lowest BCUT2D eigenvalue weighted by molar-refractivity contribution is 0.288. The molecule has 22 heavy (non-hydrogen) atoms. The van der Waals surface area contributed by atoms with Crippen LogP contribution in [0.3, 0.4) is 0 Å². The first-order valence-corrected chi connectivity index (χ1v) is 7.52. The van der Waals surface area contributed by atoms with Gasteiger partial charge in [-0.2, -0.15) is 5.26 Å². The van der Waals surface area contributed by atoms with E-state index in [-0.39, 0.29) is 0 Å². The Labute approximate surface area is 131 Å². The van der Waals surface area contributed by atoms with Gasteiger partial charge in [0.1, 0.15) is 18.5 Å². The van der Waals surface area contributed by atoms with Crippen LogP contribution in [-0.4, -0.2) is 9.78 Å². The summed E-state index contributed by atoms with van der Waals surface area (Å²) < 4.78 is 7.37. The second-order valence-corrected chi connectivity index (χ2v) is 5.46. The molecule has 0 aliphatic carbocycles. The Hall–Kier alpha value is -2.48. The Balaban J connectivity index is 2.15. The van der Waals surface area contributed by atoms with Crippen molar-refractivity contribution >= 4 is 5.82 Å². The van der Waals surface area contributed by atoms with Gasteiger partial charge in [-0.1, -0.05) is 31.5 Å². The van der Waals surface area contributed by atoms with Crippen LogP contribution in [0.2, 0.25) is 0 Å². The van der Waals surface area contributed by atoms with Gasteiger partial charge in [-0.05, 0) is 37.0 Å². The Kier molecular flexibility index (Phi) is 5.05. The minimum Gasteiger partial charge on any atom is -0.471 e. The van der Waals surface area contributed by atoms with Gasteiger partial charge in [0.25, 0.3) is 5.88 Å². The zero-order chi connectivity index (χ0) is 16.1. The maximum absolute atomic E-state index is 9.25. The van der Waals surface area contributed by atoms with Crippen molar-refractivity contribution in [2.24, 2.45) is 0 Å². The third-order valence-corrected chi connectivity index (χ3v) is 3.74. The number of ether oxygens (including phenoxy) is 1. The molecule has 0 bridgehead atoms. The number of rotatable bonds is 6. The average Bonchev–Trinajstić information content (AvgIpc) is 2.81. The molecule has 0 radical (unpaired) electrons. The van der Waals surface area contributed by atoms with Gasteiger partial charge in [-0.3, -0.25) is 0 Å². The van der Waals surface area contributed by atoms with Gasteiger partial charge in [0, 0.05) is 6.54 Å². The van der Waals surface area contributed by atoms with Gasteiger partial charge in [0.2, 0.25) is 0 Å². The fourth-order valence-electron chi connectivity index (χ4n) is 2.18. The van der Waals surface area contributed by atoms with Gasteiger partial charge in [0.15, 0.2) is 5.56 Å². The molecule has 0 aliphatic heterocycles. The average molecular weight is 298 g/mol. The van der Waals surface area contributed by atoms with E-state index in [4.69, 9.17) is 10.5 Å². The molecule has 1 aromatic heterocycles. The summed E-state index contributed by atoms with van der Waals surface area (Å²) in [5.74, 6) is 0.695. The molecule has 1 heterocycles. The van der Waals surface area contributed by atoms with Crippen LogP contribution in [0.4, 0.5) is 5.82 Å². The first kappa shape index (κ1) is 15.9. The predicted molar refractivity (Wildman–Crippen MR) is 86.5 cm³/mol. The molecule has 0 saturated carbocycles. The van der Waals surface area contributed by atoms with E-state index >= 15 is 0 Å². The summed E-state index contributed by atoms with van der Waals surface area (Å²) in [6.45, 7) is 7.31. The van der Waals surface area contributed by atoms with Crippen molar-refractivity contribution in [2.45, 2.75) is 46.8 Å². The quantitative estimate of drug-likeness (QED) is 0.887. The first-order valence-electron chi connectivity index (χ1n) is 7.52. The van der Waals surface area contributed by atoms with E-state index < -0.39 is 0 Å². The molecule has 0 unspecified atom stereocenters. The van der Waals surface area contributed by atoms with E-state index in [9.17, 15) is 5.26 Å². The summed E-state index contributed by atoms with van der Waals surface area (Å²) in [5, 5.41) is 13.6. The molecule has 5 heteroatoms. The monoisotopic (exact) mass is 298 g/mol. The Bertz CT molecular complexity index is 697. The maximum atomic E-state index is 9.25. The van der Waals surface area contributed by atoms with Crippen LogP contribution in [0.1, 0.15) is 42.0 Å². The number of anilines is 1. The second-order valence-electron chi connectivity index (χ2n) is 5.46. The van der Waals surface area contributed by atoms with Crippen LogP contribution in [0.5, 0.6) is 5.88 Å². The molecular formula is C17H22N4O. The van der Waals surface area contributed by atoms with Crippen LogP contribution in [0.25, 0.3) is 0 Å². The molecule has 0 fully saturated rings. The zero-order valence-corrected chi connectivity index (χ0v) is 13.4. The lowest BCUT2D eigenvalue weighted by atomic mass is 10.1. The Morgan fingerprint density at radius 3 is 2.73 bits per heavy atom. The molecule has 5 nitrogen and oxygen atoms in total. The maximum Gasteiger partial charge on any atom is 0.253 e. The Morgan fingerprint density at radius 1 is 1.32 bits per heavy atom. The highest BCUT2D eigenvalue weighted by atomic mass is 16.5. The van der Waals surface area contributed by atoms with Crippen molar-refractivity contribution in [1.82, 2.24) is 9.78 Å². The minimum atomic E-state index is 0.314. The van der Waals surface area contributed by atoms with Gasteiger partial charge in [0.05, 0.1) is 0 Å². The fraction of sp³-hybridized carbons (Fsp3) is 0.412. The second kappa shape index (κ2) is 6.99. The van der Waals surface area contributed by atoms with E-state index in [0.29, 0.717) is 30.4 Å². The first-order chi connectivity index (χ1) is 10.6. The number of nitrogens with zero attached hydrogens (tertiary/aromatic N) is 3. The van der Waals surface area contributed by atoms with Gasteiger partial charge in [-0.25, -0.2) is 4.68 Å². The molecular weight excluding hydrogens is 276 g/mol. The standard InChI is InChI=1S/C17H22N4O/c1-4-5-8-21-16(19)15(10-18)17(20-21)22-11-14-7-6-12(2)13(3)9-14/h6-7,9H,4-5,8,11,19H2,1-3H3. The summed E-state index contributed by atoms with van der Waals surface area (Å²) >= 11 is 0. The molecule has 1 aromatic carbocycles. The van der Waals surface area contributed by atoms with Crippen molar-refractivity contribution in [2.75, 3.05) is 5.73 Å². The topological polar surface area (TPSA) is 76.9 Å². The normalized spacial score (nSPS) is 10.5. The van der Waals surface area contributed by atoms with Crippen molar-refractivity contribution in [3.63, 3.8) is 0 Å². The molecule has 0 spiro atoms. The van der Waals surface area contributed by atoms with Crippen molar-refractivity contribution in [3.05, 3.63) is 40.5 Å². The van der Waals surface area contributed by atoms with Gasteiger partial charge in [-0.15, -0.1) is 5.10 Å². The van der Waals surface area contributed by atoms with Crippen LogP contribution >= 0.6 is 0 Å². The highest BCUT2D eigenvalue weighted by molar-refractivity contribution is 5.55. The highest BCUT2D eigenvalue weighted by Gasteiger charge is 2.16. The largest absolute Gasteiger partial charge is 0.471 e. The van der Waals surface area contributed by atoms with E-state index in [1.165, 1.54) is 11.1 Å². The van der Waals surface area contributed by atoms with E-state index in [2.05, 4.69) is 44.1 Å². The van der Waals surface area contributed by atoms with Crippen molar-refractivity contribution in [1.29, 1.82) is 5.26 Å². The van der Waals surface area contributed by atoms with Crippen LogP contribution in [0, 0.1) is 25.2 Å². The summed E-state index contributed by atoms with van der Waals surface area (Å²) in [6, 6.07) is 8.25. The molecule has 0 atom stereocenters. The van der Waals surface area contributed by atoms with Gasteiger partial charge < -0.3 is 10.5 Å². The number of aryl methyl sites for hydroxylation is 3. The SMILES string of the molecule is CCCCn1nc(OCc2ccc(C)c(C)c2)c(C#N)c1N. The predicted octanol–water partition coefficient (Wildman–Crippen LogP) is 3.33. The number of nitrogen functional groups attached to an aromatic ring is 1. The van der Waals surface area contributed by atoms with E-state index in [0.717, 1.165) is 18.4 Å². The number of nitriles is 1. The summed E-state index contributed by atoms with van der Waals surface area (Å²) in [6.07, 6.45) is 2.01. The van der Waals surface area contributed by atoms with E-state index in [1.54, 1.807) is 4.68 Å². The number of aromatic nitrogens is 2. The third kappa shape index (κ3) is 3.40. The number of unbranched alkanes of at least 4 members (excludes halogenated alkanes) is 1. The third-order valence-electron chi connectivity index (χ3n) is 3.74. The Morgan fingerprint density at radius 2 is 2.09 bits per heavy atom. The van der Waals surface area contributed by atoms with Gasteiger partial charge >= 0.3 is 0 Å². The lowest BCUT2D eigenvalue weighted by Gasteiger charge is -2.06. The minimum absolute atomic E-state index is 0.314. The van der Waals surface area contributed by atoms with Crippen LogP contribution in [-0.2, 0) is 13.2 Å². The molecule has 0 saturated heterocycles. The van der Waals surface area contributed by atoms with Crippen molar-refractivity contribution in [3.8, 4) is 11.9 Å². The molecule has 2 aromatic rings. The fourth-order valence-corrected chi connectivity index (χ4v) is 2.18. The molecule has 0 amide bonds. The zero-order valence-electron chi connectivity index (χ0n) is 13.4. The number of hydrogen-bond acceptors (Lipinski definition) is 4. The van der Waals surface area contributed by atoms with Crippen LogP contribution in [0.15, 0.2) is 18.2 Å². The summed E-state index contributed by atoms with van der Waals surface area (Å²) in [7, 11) is 0. The van der Waals surface area contributed by atoms with Crippen LogP contribution < -0.4 is 10.5 Å².